The van der Waals surface area contributed by atoms with Crippen molar-refractivity contribution >= 4 is 11.4 Å². The zero-order chi connectivity index (χ0) is 15.6. The zero-order valence-corrected chi connectivity index (χ0v) is 10.1. The Bertz CT molecular complexity index is 742. The fraction of sp³-hybridized carbons (Fsp3) is 0.0909. The van der Waals surface area contributed by atoms with Gasteiger partial charge in [-0.25, -0.2) is 0 Å². The predicted molar refractivity (Wildman–Crippen MR) is 64.7 cm³/mol. The minimum absolute atomic E-state index is 0.0431. The third-order valence-electron chi connectivity index (χ3n) is 2.80. The van der Waals surface area contributed by atoms with Crippen molar-refractivity contribution in [2.24, 2.45) is 0 Å². The van der Waals surface area contributed by atoms with Gasteiger partial charge < -0.3 is 11.1 Å². The highest BCUT2D eigenvalue weighted by Gasteiger charge is 2.23. The van der Waals surface area contributed by atoms with Gasteiger partial charge in [-0.1, -0.05) is 0 Å². The van der Waals surface area contributed by atoms with E-state index in [0.29, 0.717) is 0 Å². The Morgan fingerprint density at radius 3 is 2.19 bits per heavy atom. The van der Waals surface area contributed by atoms with Gasteiger partial charge in [0.15, 0.2) is 0 Å². The number of hydrogen-bond acceptors (Lipinski definition) is 7. The van der Waals surface area contributed by atoms with Crippen molar-refractivity contribution in [2.45, 2.75) is 6.54 Å². The molecule has 0 aromatic heterocycles. The second kappa shape index (κ2) is 5.61. The van der Waals surface area contributed by atoms with Crippen molar-refractivity contribution in [1.29, 1.82) is 0 Å². The first kappa shape index (κ1) is 14.5. The van der Waals surface area contributed by atoms with E-state index in [4.69, 9.17) is 5.73 Å². The van der Waals surface area contributed by atoms with Crippen LogP contribution in [0.1, 0.15) is 5.56 Å². The largest absolute Gasteiger partial charge is 0.394 e. The van der Waals surface area contributed by atoms with Crippen LogP contribution >= 0.6 is 0 Å². The molecule has 112 valence electrons. The van der Waals surface area contributed by atoms with Gasteiger partial charge >= 0.3 is 0 Å². The van der Waals surface area contributed by atoms with Crippen molar-refractivity contribution in [3.8, 4) is 17.2 Å². The first-order chi connectivity index (χ1) is 10.0. The molecule has 0 spiro atoms. The third kappa shape index (κ3) is 2.30. The Balaban J connectivity index is 2.29. The van der Waals surface area contributed by atoms with Gasteiger partial charge in [-0.05, 0) is 12.1 Å². The summed E-state index contributed by atoms with van der Waals surface area (Å²) in [5.41, 5.74) is 3.14. The average Bonchev–Trinajstić information content (AvgIpc) is 2.53. The number of benzene rings is 1. The van der Waals surface area contributed by atoms with Crippen molar-refractivity contribution < 1.29 is 28.4 Å². The van der Waals surface area contributed by atoms with Crippen LogP contribution in [0, 0.1) is 0 Å². The number of halogens is 3. The van der Waals surface area contributed by atoms with E-state index in [1.807, 2.05) is 0 Å². The minimum atomic E-state index is -0.961. The molecule has 10 heteroatoms. The van der Waals surface area contributed by atoms with Gasteiger partial charge in [0.05, 0.1) is 0 Å². The Morgan fingerprint density at radius 1 is 1.00 bits per heavy atom. The minimum Gasteiger partial charge on any atom is -0.394 e. The second-order valence-corrected chi connectivity index (χ2v) is 3.91. The Labute approximate surface area is 114 Å². The molecule has 2 rings (SSSR count). The van der Waals surface area contributed by atoms with Crippen LogP contribution in [0.15, 0.2) is 21.7 Å². The van der Waals surface area contributed by atoms with E-state index in [1.54, 1.807) is 0 Å². The van der Waals surface area contributed by atoms with Crippen LogP contribution in [0.5, 0.6) is 17.2 Å². The molecule has 0 amide bonds. The van der Waals surface area contributed by atoms with E-state index in [0.717, 1.165) is 12.1 Å². The highest BCUT2D eigenvalue weighted by atomic mass is 19.3. The molecule has 0 aliphatic rings. The molecule has 2 aromatic rings. The molecule has 0 radical (unpaired) electrons. The molecule has 0 aliphatic carbocycles. The summed E-state index contributed by atoms with van der Waals surface area (Å²) in [4.78, 5) is 32.1. The van der Waals surface area contributed by atoms with Crippen molar-refractivity contribution in [1.82, 2.24) is 0 Å². The first-order valence-electron chi connectivity index (χ1n) is 5.39. The smallest absolute Gasteiger partial charge is 0.264 e. The van der Waals surface area contributed by atoms with Gasteiger partial charge in [-0.2, -0.15) is 0 Å². The molecule has 0 atom stereocenters. The van der Waals surface area contributed by atoms with E-state index in [1.165, 1.54) is 0 Å². The van der Waals surface area contributed by atoms with Gasteiger partial charge in [0.2, 0.25) is 11.5 Å². The molecule has 21 heavy (non-hydrogen) atoms. The van der Waals surface area contributed by atoms with Crippen LogP contribution in [0.4, 0.5) is 25.0 Å². The number of nitrogens with one attached hydrogen (secondary N) is 1. The maximum absolute atomic E-state index is 12.5. The quantitative estimate of drug-likeness (QED) is 0.775. The van der Waals surface area contributed by atoms with E-state index in [9.17, 15) is 23.2 Å². The van der Waals surface area contributed by atoms with E-state index in [2.05, 4.69) is 20.1 Å². The molecule has 0 fully saturated rings. The molecule has 3 N–H and O–H groups in total. The maximum Gasteiger partial charge on any atom is 0.264 e. The molecule has 2 aromatic carbocycles. The summed E-state index contributed by atoms with van der Waals surface area (Å²) >= 11 is 0. The van der Waals surface area contributed by atoms with Gasteiger partial charge in [0.1, 0.15) is 11.4 Å². The summed E-state index contributed by atoms with van der Waals surface area (Å²) in [5, 5.41) is 2.45. The van der Waals surface area contributed by atoms with Gasteiger partial charge in [0, 0.05) is 25.7 Å². The molecule has 0 bridgehead atoms. The normalized spacial score (nSPS) is 10.4. The van der Waals surface area contributed by atoms with Gasteiger partial charge in [-0.3, -0.25) is 24.4 Å². The average molecular weight is 304 g/mol. The molecule has 0 heterocycles. The fourth-order valence-corrected chi connectivity index (χ4v) is 1.71. The summed E-state index contributed by atoms with van der Waals surface area (Å²) in [5.74, 6) is -2.50. The number of nitrogen functional groups attached to an aromatic ring is 1. The molecule has 0 aliphatic heterocycles. The molecular formula is C11H7F3N2O5. The van der Waals surface area contributed by atoms with Crippen LogP contribution in [-0.2, 0) is 6.54 Å². The molecular weight excluding hydrogens is 297 g/mol. The highest BCUT2D eigenvalue weighted by molar-refractivity contribution is 5.71. The molecule has 0 saturated carbocycles. The number of nitrogens with two attached hydrogens (primary N) is 1. The van der Waals surface area contributed by atoms with Crippen LogP contribution in [0.2, 0.25) is 0 Å². The number of rotatable bonds is 6. The van der Waals surface area contributed by atoms with Crippen LogP contribution in [-0.4, -0.2) is 0 Å². The first-order valence-corrected chi connectivity index (χ1v) is 5.39. The summed E-state index contributed by atoms with van der Waals surface area (Å²) in [6, 6.07) is 2.07. The lowest BCUT2D eigenvalue weighted by atomic mass is 10.1. The van der Waals surface area contributed by atoms with Crippen molar-refractivity contribution in [3.05, 3.63) is 38.1 Å². The van der Waals surface area contributed by atoms with Crippen LogP contribution in [0.25, 0.3) is 0 Å². The number of hydrogen-bond donors (Lipinski definition) is 2. The predicted octanol–water partition coefficient (Wildman–Crippen LogP) is 1.27. The Hall–Kier alpha value is -2.91. The SMILES string of the molecule is Nc1c(NCc2ccc(OF)c(OF)c2OF)c(=O)c1=O. The molecule has 0 unspecified atom stereocenters. The monoisotopic (exact) mass is 304 g/mol. The number of anilines is 2. The summed E-state index contributed by atoms with van der Waals surface area (Å²) < 4.78 is 36.9. The van der Waals surface area contributed by atoms with E-state index < -0.39 is 28.1 Å². The topological polar surface area (TPSA) is 99.9 Å². The second-order valence-electron chi connectivity index (χ2n) is 3.91. The van der Waals surface area contributed by atoms with Gasteiger partial charge in [-0.15, -0.1) is 0 Å². The molecule has 0 saturated heterocycles. The van der Waals surface area contributed by atoms with Crippen LogP contribution in [0.3, 0.4) is 0 Å². The lowest BCUT2D eigenvalue weighted by Crippen LogP contribution is -2.36. The lowest BCUT2D eigenvalue weighted by Gasteiger charge is -2.12. The van der Waals surface area contributed by atoms with Gasteiger partial charge in [0.25, 0.3) is 16.6 Å². The Kier molecular flexibility index (Phi) is 3.87. The zero-order valence-electron chi connectivity index (χ0n) is 10.1. The summed E-state index contributed by atoms with van der Waals surface area (Å²) in [7, 11) is 0. The van der Waals surface area contributed by atoms with Crippen molar-refractivity contribution in [2.75, 3.05) is 11.1 Å². The maximum atomic E-state index is 12.5. The standard InChI is InChI=1S/C11H7F3N2O5/c12-19-5-2-1-4(10(20-13)11(5)21-14)3-16-7-6(15)8(17)9(7)18/h1-2,16H,3,15H2. The Morgan fingerprint density at radius 2 is 1.67 bits per heavy atom. The summed E-state index contributed by atoms with van der Waals surface area (Å²) in [6.45, 7) is -0.267. The van der Waals surface area contributed by atoms with E-state index >= 15 is 0 Å². The molecule has 7 nitrogen and oxygen atoms in total. The third-order valence-corrected chi connectivity index (χ3v) is 2.80. The fourth-order valence-electron chi connectivity index (χ4n) is 1.71. The van der Waals surface area contributed by atoms with Crippen molar-refractivity contribution in [3.63, 3.8) is 0 Å². The summed E-state index contributed by atoms with van der Waals surface area (Å²) in [6.07, 6.45) is 0. The van der Waals surface area contributed by atoms with E-state index in [-0.39, 0.29) is 23.5 Å². The highest BCUT2D eigenvalue weighted by Crippen LogP contribution is 2.41. The van der Waals surface area contributed by atoms with Crippen LogP contribution < -0.4 is 36.7 Å². The lowest BCUT2D eigenvalue weighted by molar-refractivity contribution is -0.0561.